The van der Waals surface area contributed by atoms with Gasteiger partial charge in [0.25, 0.3) is 0 Å². The third-order valence-corrected chi connectivity index (χ3v) is 6.78. The van der Waals surface area contributed by atoms with Crippen molar-refractivity contribution in [1.29, 1.82) is 0 Å². The molecule has 1 aromatic rings. The Labute approximate surface area is 161 Å². The summed E-state index contributed by atoms with van der Waals surface area (Å²) in [5.74, 6) is -2.69. The molecule has 1 aromatic carbocycles. The summed E-state index contributed by atoms with van der Waals surface area (Å²) >= 11 is 0. The Balaban J connectivity index is 1.64. The Bertz CT molecular complexity index is 890. The van der Waals surface area contributed by atoms with Gasteiger partial charge >= 0.3 is 0 Å². The maximum Gasteiger partial charge on any atom is 0.250 e. The predicted octanol–water partition coefficient (Wildman–Crippen LogP) is 1.09. The van der Waals surface area contributed by atoms with E-state index in [4.69, 9.17) is 4.74 Å². The van der Waals surface area contributed by atoms with Crippen molar-refractivity contribution >= 4 is 23.4 Å². The van der Waals surface area contributed by atoms with Crippen LogP contribution in [0.1, 0.15) is 24.8 Å². The number of amides is 3. The number of carbonyl (C=O) groups excluding carboxylic acids is 3. The minimum absolute atomic E-state index is 0.172. The first kappa shape index (κ1) is 17.8. The maximum atomic E-state index is 14.1. The molecule has 4 aliphatic rings. The number of fused-ring (bicyclic) bond motifs is 7. The Kier molecular flexibility index (Phi) is 3.86. The number of benzene rings is 1. The molecule has 3 fully saturated rings. The van der Waals surface area contributed by atoms with Crippen LogP contribution in [-0.4, -0.2) is 60.4 Å². The second-order valence-electron chi connectivity index (χ2n) is 7.99. The van der Waals surface area contributed by atoms with Crippen LogP contribution in [0.5, 0.6) is 0 Å². The van der Waals surface area contributed by atoms with E-state index in [0.29, 0.717) is 30.8 Å². The number of nitrogens with one attached hydrogen (secondary N) is 1. The highest BCUT2D eigenvalue weighted by Crippen LogP contribution is 2.60. The summed E-state index contributed by atoms with van der Waals surface area (Å²) in [5.41, 5.74) is -0.293. The Hall–Kier alpha value is -2.32. The third-order valence-electron chi connectivity index (χ3n) is 6.78. The van der Waals surface area contributed by atoms with Crippen LogP contribution in [0, 0.1) is 17.7 Å². The number of imide groups is 1. The maximum absolute atomic E-state index is 14.1. The van der Waals surface area contributed by atoms with Gasteiger partial charge in [0.2, 0.25) is 17.7 Å². The number of nitrogens with zero attached hydrogens (tertiary/aromatic N) is 2. The van der Waals surface area contributed by atoms with Gasteiger partial charge in [-0.15, -0.1) is 0 Å². The molecule has 4 atom stereocenters. The summed E-state index contributed by atoms with van der Waals surface area (Å²) in [6, 6.07) is 4.00. The molecule has 0 aromatic heterocycles. The summed E-state index contributed by atoms with van der Waals surface area (Å²) in [6.45, 7) is 1.34. The molecule has 0 saturated carbocycles. The molecule has 4 aliphatic heterocycles. The largest absolute Gasteiger partial charge is 0.385 e. The highest BCUT2D eigenvalue weighted by atomic mass is 19.1. The number of methoxy groups -OCH3 is 1. The average molecular weight is 387 g/mol. The number of hydrogen-bond donors (Lipinski definition) is 1. The van der Waals surface area contributed by atoms with Crippen molar-refractivity contribution in [1.82, 2.24) is 9.80 Å². The van der Waals surface area contributed by atoms with Gasteiger partial charge in [-0.3, -0.25) is 24.2 Å². The van der Waals surface area contributed by atoms with E-state index in [1.165, 1.54) is 23.1 Å². The molecule has 0 bridgehead atoms. The fourth-order valence-electron chi connectivity index (χ4n) is 5.82. The first-order valence-corrected chi connectivity index (χ1v) is 9.74. The van der Waals surface area contributed by atoms with Crippen LogP contribution in [-0.2, 0) is 24.7 Å². The number of ether oxygens (including phenoxy) is 1. The van der Waals surface area contributed by atoms with E-state index in [0.717, 1.165) is 12.8 Å². The molecule has 4 heterocycles. The van der Waals surface area contributed by atoms with Crippen LogP contribution in [0.4, 0.5) is 10.1 Å². The second kappa shape index (κ2) is 6.09. The van der Waals surface area contributed by atoms with E-state index in [-0.39, 0.29) is 30.3 Å². The third kappa shape index (κ3) is 2.02. The molecule has 1 N–H and O–H groups in total. The SMILES string of the molecule is COCCCN1C(=O)C2C3CCCN3C3(C(=O)Nc4ccc(F)cc43)C2C1=O. The van der Waals surface area contributed by atoms with Gasteiger partial charge in [0.05, 0.1) is 11.8 Å². The van der Waals surface area contributed by atoms with Crippen LogP contribution in [0.15, 0.2) is 18.2 Å². The van der Waals surface area contributed by atoms with Crippen molar-refractivity contribution in [2.24, 2.45) is 11.8 Å². The summed E-state index contributed by atoms with van der Waals surface area (Å²) in [7, 11) is 1.57. The number of carbonyl (C=O) groups is 3. The van der Waals surface area contributed by atoms with Crippen molar-refractivity contribution in [2.45, 2.75) is 30.8 Å². The number of rotatable bonds is 4. The monoisotopic (exact) mass is 387 g/mol. The highest BCUT2D eigenvalue weighted by molar-refractivity contribution is 6.15. The quantitative estimate of drug-likeness (QED) is 0.618. The van der Waals surface area contributed by atoms with Crippen molar-refractivity contribution in [3.63, 3.8) is 0 Å². The molecule has 3 amide bonds. The molecule has 0 radical (unpaired) electrons. The summed E-state index contributed by atoms with van der Waals surface area (Å²) in [5, 5.41) is 2.84. The molecule has 1 spiro atoms. The van der Waals surface area contributed by atoms with Gasteiger partial charge in [-0.25, -0.2) is 4.39 Å². The van der Waals surface area contributed by atoms with E-state index in [1.54, 1.807) is 7.11 Å². The number of anilines is 1. The van der Waals surface area contributed by atoms with Gasteiger partial charge in [-0.1, -0.05) is 0 Å². The first-order chi connectivity index (χ1) is 13.5. The summed E-state index contributed by atoms with van der Waals surface area (Å²) in [4.78, 5) is 43.2. The molecular weight excluding hydrogens is 365 g/mol. The van der Waals surface area contributed by atoms with E-state index in [1.807, 2.05) is 4.90 Å². The fourth-order valence-corrected chi connectivity index (χ4v) is 5.82. The lowest BCUT2D eigenvalue weighted by Crippen LogP contribution is -2.54. The Morgan fingerprint density at radius 1 is 1.29 bits per heavy atom. The molecule has 4 unspecified atom stereocenters. The molecule has 8 heteroatoms. The van der Waals surface area contributed by atoms with E-state index in [2.05, 4.69) is 5.32 Å². The van der Waals surface area contributed by atoms with Gasteiger partial charge in [0.15, 0.2) is 0 Å². The minimum Gasteiger partial charge on any atom is -0.385 e. The molecule has 148 valence electrons. The normalized spacial score (nSPS) is 33.6. The lowest BCUT2D eigenvalue weighted by atomic mass is 9.75. The highest BCUT2D eigenvalue weighted by Gasteiger charge is 2.74. The number of likely N-dealkylation sites (tertiary alicyclic amines) is 1. The van der Waals surface area contributed by atoms with Crippen LogP contribution in [0.25, 0.3) is 0 Å². The fraction of sp³-hybridized carbons (Fsp3) is 0.550. The minimum atomic E-state index is -1.30. The van der Waals surface area contributed by atoms with Crippen LogP contribution < -0.4 is 5.32 Å². The zero-order valence-corrected chi connectivity index (χ0v) is 15.6. The summed E-state index contributed by atoms with van der Waals surface area (Å²) < 4.78 is 19.2. The second-order valence-corrected chi connectivity index (χ2v) is 7.99. The summed E-state index contributed by atoms with van der Waals surface area (Å²) in [6.07, 6.45) is 2.15. The topological polar surface area (TPSA) is 79.0 Å². The lowest BCUT2D eigenvalue weighted by molar-refractivity contribution is -0.145. The molecular formula is C20H22FN3O4. The smallest absolute Gasteiger partial charge is 0.250 e. The standard InChI is InChI=1S/C20H22FN3O4/c1-28-9-3-7-23-17(25)15-14-4-2-8-24(14)20(16(15)18(23)26)12-10-11(21)5-6-13(12)22-19(20)27/h5-6,10,14-16H,2-4,7-9H2,1H3,(H,22,27). The number of hydrogen-bond acceptors (Lipinski definition) is 5. The molecule has 0 aliphatic carbocycles. The Morgan fingerprint density at radius 2 is 2.11 bits per heavy atom. The van der Waals surface area contributed by atoms with Crippen molar-refractivity contribution in [2.75, 3.05) is 32.1 Å². The van der Waals surface area contributed by atoms with Crippen LogP contribution >= 0.6 is 0 Å². The van der Waals surface area contributed by atoms with Crippen LogP contribution in [0.2, 0.25) is 0 Å². The van der Waals surface area contributed by atoms with Crippen molar-refractivity contribution in [3.8, 4) is 0 Å². The van der Waals surface area contributed by atoms with E-state index < -0.39 is 23.2 Å². The average Bonchev–Trinajstić information content (AvgIpc) is 3.36. The van der Waals surface area contributed by atoms with Crippen LogP contribution in [0.3, 0.4) is 0 Å². The zero-order chi connectivity index (χ0) is 19.6. The number of halogens is 1. The molecule has 3 saturated heterocycles. The van der Waals surface area contributed by atoms with Gasteiger partial charge in [-0.05, 0) is 44.0 Å². The molecule has 28 heavy (non-hydrogen) atoms. The molecule has 7 nitrogen and oxygen atoms in total. The van der Waals surface area contributed by atoms with Gasteiger partial charge in [0, 0.05) is 37.6 Å². The molecule has 5 rings (SSSR count). The lowest BCUT2D eigenvalue weighted by Gasteiger charge is -2.36. The first-order valence-electron chi connectivity index (χ1n) is 9.74. The van der Waals surface area contributed by atoms with Crippen molar-refractivity contribution < 1.29 is 23.5 Å². The predicted molar refractivity (Wildman–Crippen MR) is 96.6 cm³/mol. The Morgan fingerprint density at radius 3 is 2.89 bits per heavy atom. The van der Waals surface area contributed by atoms with E-state index >= 15 is 0 Å². The van der Waals surface area contributed by atoms with Crippen molar-refractivity contribution in [3.05, 3.63) is 29.6 Å². The zero-order valence-electron chi connectivity index (χ0n) is 15.6. The van der Waals surface area contributed by atoms with E-state index in [9.17, 15) is 18.8 Å². The van der Waals surface area contributed by atoms with Gasteiger partial charge < -0.3 is 10.1 Å². The van der Waals surface area contributed by atoms with Gasteiger partial charge in [0.1, 0.15) is 11.4 Å². The van der Waals surface area contributed by atoms with Gasteiger partial charge in [-0.2, -0.15) is 0 Å².